The number of benzene rings is 2. The maximum atomic E-state index is 13.2. The summed E-state index contributed by atoms with van der Waals surface area (Å²) in [6, 6.07) is 13.8. The summed E-state index contributed by atoms with van der Waals surface area (Å²) < 4.78 is 8.26. The molecule has 2 heterocycles. The second-order valence-electron chi connectivity index (χ2n) is 7.19. The predicted octanol–water partition coefficient (Wildman–Crippen LogP) is 4.82. The Balaban J connectivity index is 2.14. The van der Waals surface area contributed by atoms with Gasteiger partial charge in [0, 0.05) is 35.2 Å². The standard InChI is InChI=1S/C23H19Cl3N4O3/c1-27-22(31)17-12-16-20(13-3-5-14(24)6-4-13)30(19-8-7-15(25)11-18(19)26)28-21(16)29(23(17)32)9-10-33-2/h3-8,11-12H,9-10H2,1-2H3,(H,27,31). The van der Waals surface area contributed by atoms with Crippen LogP contribution in [0, 0.1) is 0 Å². The van der Waals surface area contributed by atoms with E-state index in [2.05, 4.69) is 5.32 Å². The minimum absolute atomic E-state index is 0.00179. The highest BCUT2D eigenvalue weighted by Gasteiger charge is 2.23. The van der Waals surface area contributed by atoms with Crippen molar-refractivity contribution in [3.63, 3.8) is 0 Å². The number of hydrogen-bond acceptors (Lipinski definition) is 4. The van der Waals surface area contributed by atoms with Crippen molar-refractivity contribution in [2.75, 3.05) is 20.8 Å². The second kappa shape index (κ2) is 9.57. The number of aromatic nitrogens is 3. The summed E-state index contributed by atoms with van der Waals surface area (Å²) in [7, 11) is 3.01. The van der Waals surface area contributed by atoms with Crippen LogP contribution in [0.3, 0.4) is 0 Å². The third-order valence-corrected chi connectivity index (χ3v) is 5.96. The van der Waals surface area contributed by atoms with Crippen molar-refractivity contribution < 1.29 is 9.53 Å². The van der Waals surface area contributed by atoms with Gasteiger partial charge in [-0.1, -0.05) is 46.9 Å². The van der Waals surface area contributed by atoms with Crippen molar-refractivity contribution in [1.29, 1.82) is 0 Å². The molecule has 0 aliphatic rings. The molecule has 1 amide bonds. The Hall–Kier alpha value is -2.84. The number of nitrogens with one attached hydrogen (secondary N) is 1. The molecule has 10 heteroatoms. The maximum Gasteiger partial charge on any atom is 0.265 e. The van der Waals surface area contributed by atoms with Gasteiger partial charge in [-0.25, -0.2) is 4.68 Å². The van der Waals surface area contributed by atoms with Crippen LogP contribution in [-0.2, 0) is 11.3 Å². The van der Waals surface area contributed by atoms with E-state index in [0.717, 1.165) is 5.56 Å². The van der Waals surface area contributed by atoms with Gasteiger partial charge in [0.05, 0.1) is 29.6 Å². The molecule has 0 radical (unpaired) electrons. The van der Waals surface area contributed by atoms with Gasteiger partial charge in [-0.2, -0.15) is 0 Å². The molecule has 2 aromatic carbocycles. The summed E-state index contributed by atoms with van der Waals surface area (Å²) in [4.78, 5) is 25.7. The van der Waals surface area contributed by atoms with Crippen molar-refractivity contribution in [3.8, 4) is 16.9 Å². The van der Waals surface area contributed by atoms with Crippen LogP contribution in [0.25, 0.3) is 28.0 Å². The van der Waals surface area contributed by atoms with Gasteiger partial charge in [-0.3, -0.25) is 14.2 Å². The highest BCUT2D eigenvalue weighted by molar-refractivity contribution is 6.35. The van der Waals surface area contributed by atoms with Crippen LogP contribution in [0.15, 0.2) is 53.3 Å². The molecule has 0 unspecified atom stereocenters. The van der Waals surface area contributed by atoms with E-state index in [-0.39, 0.29) is 18.7 Å². The van der Waals surface area contributed by atoms with Crippen LogP contribution < -0.4 is 10.9 Å². The van der Waals surface area contributed by atoms with Crippen molar-refractivity contribution in [2.24, 2.45) is 0 Å². The van der Waals surface area contributed by atoms with Crippen LogP contribution in [0.1, 0.15) is 10.4 Å². The molecule has 0 fully saturated rings. The number of nitrogens with zero attached hydrogens (tertiary/aromatic N) is 3. The molecular weight excluding hydrogens is 487 g/mol. The molecule has 0 saturated carbocycles. The number of hydrogen-bond donors (Lipinski definition) is 1. The topological polar surface area (TPSA) is 78.2 Å². The zero-order chi connectivity index (χ0) is 23.7. The molecule has 2 aromatic heterocycles. The van der Waals surface area contributed by atoms with Crippen molar-refractivity contribution in [3.05, 3.63) is 79.5 Å². The average molecular weight is 506 g/mol. The van der Waals surface area contributed by atoms with Gasteiger partial charge in [0.2, 0.25) is 0 Å². The van der Waals surface area contributed by atoms with Crippen LogP contribution in [0.5, 0.6) is 0 Å². The smallest absolute Gasteiger partial charge is 0.265 e. The SMILES string of the molecule is CNC(=O)c1cc2c(-c3ccc(Cl)cc3)n(-c3ccc(Cl)cc3Cl)nc2n(CCOC)c1=O. The van der Waals surface area contributed by atoms with Gasteiger partial charge in [0.25, 0.3) is 11.5 Å². The molecular formula is C23H19Cl3N4O3. The average Bonchev–Trinajstić information content (AvgIpc) is 3.17. The number of rotatable bonds is 6. The first-order valence-electron chi connectivity index (χ1n) is 9.94. The molecule has 0 saturated heterocycles. The first-order valence-corrected chi connectivity index (χ1v) is 11.1. The van der Waals surface area contributed by atoms with E-state index < -0.39 is 11.5 Å². The molecule has 1 N–H and O–H groups in total. The van der Waals surface area contributed by atoms with E-state index in [1.807, 2.05) is 12.1 Å². The number of carbonyl (C=O) groups is 1. The number of pyridine rings is 1. The van der Waals surface area contributed by atoms with E-state index in [4.69, 9.17) is 44.6 Å². The van der Waals surface area contributed by atoms with Gasteiger partial charge in [-0.05, 0) is 36.4 Å². The molecule has 33 heavy (non-hydrogen) atoms. The Morgan fingerprint density at radius 3 is 2.39 bits per heavy atom. The Morgan fingerprint density at radius 1 is 1.06 bits per heavy atom. The Bertz CT molecular complexity index is 1410. The number of halogens is 3. The normalized spacial score (nSPS) is 11.2. The number of fused-ring (bicyclic) bond motifs is 1. The van der Waals surface area contributed by atoms with E-state index in [1.165, 1.54) is 18.7 Å². The first kappa shape index (κ1) is 23.3. The van der Waals surface area contributed by atoms with Crippen molar-refractivity contribution in [2.45, 2.75) is 6.54 Å². The van der Waals surface area contributed by atoms with Gasteiger partial charge >= 0.3 is 0 Å². The van der Waals surface area contributed by atoms with E-state index >= 15 is 0 Å². The molecule has 170 valence electrons. The lowest BCUT2D eigenvalue weighted by molar-refractivity contribution is 0.0961. The number of amides is 1. The van der Waals surface area contributed by atoms with Gasteiger partial charge in [0.15, 0.2) is 5.65 Å². The summed E-state index contributed by atoms with van der Waals surface area (Å²) in [5, 5.41) is 9.29. The minimum atomic E-state index is -0.493. The van der Waals surface area contributed by atoms with E-state index in [0.29, 0.717) is 37.5 Å². The van der Waals surface area contributed by atoms with Crippen LogP contribution in [0.4, 0.5) is 0 Å². The quantitative estimate of drug-likeness (QED) is 0.407. The highest BCUT2D eigenvalue weighted by Crippen LogP contribution is 2.34. The van der Waals surface area contributed by atoms with E-state index in [1.54, 1.807) is 41.1 Å². The predicted molar refractivity (Wildman–Crippen MR) is 131 cm³/mol. The molecule has 0 aliphatic carbocycles. The molecule has 7 nitrogen and oxygen atoms in total. The summed E-state index contributed by atoms with van der Waals surface area (Å²) in [6.45, 7) is 0.471. The number of methoxy groups -OCH3 is 1. The third kappa shape index (κ3) is 4.37. The Kier molecular flexibility index (Phi) is 6.76. The zero-order valence-corrected chi connectivity index (χ0v) is 20.0. The second-order valence-corrected chi connectivity index (χ2v) is 8.47. The number of carbonyl (C=O) groups excluding carboxylic acids is 1. The van der Waals surface area contributed by atoms with Crippen LogP contribution in [-0.4, -0.2) is 41.0 Å². The Morgan fingerprint density at radius 2 is 1.76 bits per heavy atom. The Labute approximate surface area is 204 Å². The fraction of sp³-hybridized carbons (Fsp3) is 0.174. The molecule has 0 spiro atoms. The molecule has 4 aromatic rings. The maximum absolute atomic E-state index is 13.2. The lowest BCUT2D eigenvalue weighted by Gasteiger charge is -2.11. The highest BCUT2D eigenvalue weighted by atomic mass is 35.5. The van der Waals surface area contributed by atoms with Crippen LogP contribution in [0.2, 0.25) is 15.1 Å². The monoisotopic (exact) mass is 504 g/mol. The van der Waals surface area contributed by atoms with Crippen molar-refractivity contribution in [1.82, 2.24) is 19.7 Å². The molecule has 4 rings (SSSR count). The van der Waals surface area contributed by atoms with E-state index in [9.17, 15) is 9.59 Å². The summed E-state index contributed by atoms with van der Waals surface area (Å²) in [5.74, 6) is -0.493. The lowest BCUT2D eigenvalue weighted by Crippen LogP contribution is -2.32. The van der Waals surface area contributed by atoms with Gasteiger partial charge in [-0.15, -0.1) is 5.10 Å². The van der Waals surface area contributed by atoms with Gasteiger partial charge < -0.3 is 10.1 Å². The van der Waals surface area contributed by atoms with Crippen LogP contribution >= 0.6 is 34.8 Å². The fourth-order valence-electron chi connectivity index (χ4n) is 3.60. The van der Waals surface area contributed by atoms with Gasteiger partial charge in [0.1, 0.15) is 5.56 Å². The first-order chi connectivity index (χ1) is 15.8. The fourth-order valence-corrected chi connectivity index (χ4v) is 4.21. The number of ether oxygens (including phenoxy) is 1. The summed E-state index contributed by atoms with van der Waals surface area (Å²) in [6.07, 6.45) is 0. The summed E-state index contributed by atoms with van der Waals surface area (Å²) >= 11 is 18.7. The van der Waals surface area contributed by atoms with Crippen molar-refractivity contribution >= 4 is 51.7 Å². The zero-order valence-electron chi connectivity index (χ0n) is 17.7. The lowest BCUT2D eigenvalue weighted by atomic mass is 10.1. The molecule has 0 bridgehead atoms. The summed E-state index contributed by atoms with van der Waals surface area (Å²) in [5.41, 5.74) is 1.90. The minimum Gasteiger partial charge on any atom is -0.383 e. The third-order valence-electron chi connectivity index (χ3n) is 5.17. The molecule has 0 atom stereocenters. The largest absolute Gasteiger partial charge is 0.383 e. The molecule has 0 aliphatic heterocycles.